The monoisotopic (exact) mass is 259 g/mol. The minimum Gasteiger partial charge on any atom is -0.438 e. The standard InChI is InChI=1S/C18H13NO/c1-12-6-8-13(9-7-12)16-11-10-15-14-4-2-3-5-17(14)20-18(15)19-16/h2-11H,1H3. The van der Waals surface area contributed by atoms with Crippen LogP contribution in [-0.4, -0.2) is 4.98 Å². The molecule has 4 rings (SSSR count). The van der Waals surface area contributed by atoms with Crippen LogP contribution in [0, 0.1) is 6.92 Å². The van der Waals surface area contributed by atoms with Crippen LogP contribution in [0.2, 0.25) is 0 Å². The van der Waals surface area contributed by atoms with Gasteiger partial charge in [-0.15, -0.1) is 0 Å². The van der Waals surface area contributed by atoms with Crippen LogP contribution in [0.25, 0.3) is 33.3 Å². The van der Waals surface area contributed by atoms with Gasteiger partial charge in [-0.05, 0) is 25.1 Å². The molecule has 0 aliphatic heterocycles. The predicted molar refractivity (Wildman–Crippen MR) is 81.7 cm³/mol. The molecule has 0 aliphatic carbocycles. The molecule has 0 unspecified atom stereocenters. The molecular formula is C18H13NO. The third-order valence-electron chi connectivity index (χ3n) is 3.59. The van der Waals surface area contributed by atoms with Crippen LogP contribution in [0.5, 0.6) is 0 Å². The quantitative estimate of drug-likeness (QED) is 0.483. The number of furan rings is 1. The fourth-order valence-corrected chi connectivity index (χ4v) is 2.49. The van der Waals surface area contributed by atoms with E-state index in [9.17, 15) is 0 Å². The van der Waals surface area contributed by atoms with Crippen molar-refractivity contribution >= 4 is 22.1 Å². The van der Waals surface area contributed by atoms with E-state index in [-0.39, 0.29) is 0 Å². The van der Waals surface area contributed by atoms with Gasteiger partial charge in [0.1, 0.15) is 5.58 Å². The highest BCUT2D eigenvalue weighted by atomic mass is 16.3. The van der Waals surface area contributed by atoms with Crippen LogP contribution < -0.4 is 0 Å². The number of rotatable bonds is 1. The molecule has 0 atom stereocenters. The first kappa shape index (κ1) is 11.2. The second kappa shape index (κ2) is 4.20. The van der Waals surface area contributed by atoms with Gasteiger partial charge < -0.3 is 4.42 Å². The number of pyridine rings is 1. The Morgan fingerprint density at radius 3 is 2.45 bits per heavy atom. The molecule has 0 fully saturated rings. The fraction of sp³-hybridized carbons (Fsp3) is 0.0556. The fourth-order valence-electron chi connectivity index (χ4n) is 2.49. The zero-order valence-corrected chi connectivity index (χ0v) is 11.1. The van der Waals surface area contributed by atoms with Crippen LogP contribution in [-0.2, 0) is 0 Å². The van der Waals surface area contributed by atoms with Gasteiger partial charge in [-0.2, -0.15) is 0 Å². The van der Waals surface area contributed by atoms with Gasteiger partial charge in [0.2, 0.25) is 5.71 Å². The molecule has 0 saturated heterocycles. The Balaban J connectivity index is 1.94. The van der Waals surface area contributed by atoms with Crippen LogP contribution >= 0.6 is 0 Å². The third-order valence-corrected chi connectivity index (χ3v) is 3.59. The average Bonchev–Trinajstić information content (AvgIpc) is 2.85. The molecule has 2 heteroatoms. The molecule has 0 aliphatic rings. The first-order chi connectivity index (χ1) is 9.81. The molecule has 4 aromatic rings. The zero-order chi connectivity index (χ0) is 13.5. The van der Waals surface area contributed by atoms with Crippen molar-refractivity contribution in [2.24, 2.45) is 0 Å². The molecule has 96 valence electrons. The summed E-state index contributed by atoms with van der Waals surface area (Å²) in [7, 11) is 0. The summed E-state index contributed by atoms with van der Waals surface area (Å²) in [5, 5.41) is 2.18. The van der Waals surface area contributed by atoms with Gasteiger partial charge in [0.25, 0.3) is 0 Å². The largest absolute Gasteiger partial charge is 0.438 e. The predicted octanol–water partition coefficient (Wildman–Crippen LogP) is 4.96. The highest BCUT2D eigenvalue weighted by Crippen LogP contribution is 2.29. The van der Waals surface area contributed by atoms with Crippen molar-refractivity contribution < 1.29 is 4.42 Å². The number of fused-ring (bicyclic) bond motifs is 3. The van der Waals surface area contributed by atoms with Crippen LogP contribution in [0.15, 0.2) is 65.1 Å². The van der Waals surface area contributed by atoms with Crippen LogP contribution in [0.1, 0.15) is 5.56 Å². The molecule has 0 spiro atoms. The van der Waals surface area contributed by atoms with Gasteiger partial charge >= 0.3 is 0 Å². The van der Waals surface area contributed by atoms with Crippen molar-refractivity contribution in [2.45, 2.75) is 6.92 Å². The van der Waals surface area contributed by atoms with Gasteiger partial charge in [-0.3, -0.25) is 0 Å². The van der Waals surface area contributed by atoms with E-state index in [1.165, 1.54) is 5.56 Å². The van der Waals surface area contributed by atoms with Gasteiger partial charge in [0.15, 0.2) is 0 Å². The van der Waals surface area contributed by atoms with Crippen molar-refractivity contribution in [3.8, 4) is 11.3 Å². The summed E-state index contributed by atoms with van der Waals surface area (Å²) in [6.07, 6.45) is 0. The molecule has 2 heterocycles. The van der Waals surface area contributed by atoms with Gasteiger partial charge in [0, 0.05) is 16.3 Å². The maximum absolute atomic E-state index is 5.83. The maximum atomic E-state index is 5.83. The second-order valence-electron chi connectivity index (χ2n) is 5.01. The molecule has 0 amide bonds. The number of hydrogen-bond acceptors (Lipinski definition) is 2. The Morgan fingerprint density at radius 2 is 1.60 bits per heavy atom. The van der Waals surface area contributed by atoms with Crippen molar-refractivity contribution in [1.82, 2.24) is 4.98 Å². The Kier molecular flexibility index (Phi) is 2.36. The van der Waals surface area contributed by atoms with E-state index in [2.05, 4.69) is 54.4 Å². The van der Waals surface area contributed by atoms with Crippen LogP contribution in [0.4, 0.5) is 0 Å². The highest BCUT2D eigenvalue weighted by Gasteiger charge is 2.08. The molecule has 0 bridgehead atoms. The van der Waals surface area contributed by atoms with E-state index in [0.717, 1.165) is 27.6 Å². The lowest BCUT2D eigenvalue weighted by Crippen LogP contribution is -1.83. The smallest absolute Gasteiger partial charge is 0.227 e. The van der Waals surface area contributed by atoms with Crippen molar-refractivity contribution in [1.29, 1.82) is 0 Å². The molecule has 2 aromatic carbocycles. The summed E-state index contributed by atoms with van der Waals surface area (Å²) in [6.45, 7) is 2.08. The Morgan fingerprint density at radius 1 is 0.800 bits per heavy atom. The summed E-state index contributed by atoms with van der Waals surface area (Å²) in [5.74, 6) is 0. The molecule has 2 aromatic heterocycles. The number of nitrogens with zero attached hydrogens (tertiary/aromatic N) is 1. The van der Waals surface area contributed by atoms with E-state index in [1.54, 1.807) is 0 Å². The Labute approximate surface area is 116 Å². The highest BCUT2D eigenvalue weighted by molar-refractivity contribution is 6.03. The van der Waals surface area contributed by atoms with E-state index in [0.29, 0.717) is 5.71 Å². The van der Waals surface area contributed by atoms with E-state index >= 15 is 0 Å². The summed E-state index contributed by atoms with van der Waals surface area (Å²) in [4.78, 5) is 4.65. The molecule has 0 radical (unpaired) electrons. The number of hydrogen-bond donors (Lipinski definition) is 0. The van der Waals surface area contributed by atoms with Gasteiger partial charge in [-0.25, -0.2) is 4.98 Å². The SMILES string of the molecule is Cc1ccc(-c2ccc3c(n2)oc2ccccc23)cc1. The normalized spacial score (nSPS) is 11.2. The lowest BCUT2D eigenvalue weighted by Gasteiger charge is -2.01. The number of aromatic nitrogens is 1. The van der Waals surface area contributed by atoms with Crippen LogP contribution in [0.3, 0.4) is 0 Å². The first-order valence-electron chi connectivity index (χ1n) is 6.66. The average molecular weight is 259 g/mol. The number of benzene rings is 2. The number of para-hydroxylation sites is 1. The van der Waals surface area contributed by atoms with Crippen molar-refractivity contribution in [3.63, 3.8) is 0 Å². The minimum atomic E-state index is 0.698. The molecule has 0 saturated carbocycles. The minimum absolute atomic E-state index is 0.698. The van der Waals surface area contributed by atoms with E-state index < -0.39 is 0 Å². The zero-order valence-electron chi connectivity index (χ0n) is 11.1. The summed E-state index contributed by atoms with van der Waals surface area (Å²) < 4.78 is 5.83. The summed E-state index contributed by atoms with van der Waals surface area (Å²) in [6, 6.07) is 20.5. The lowest BCUT2D eigenvalue weighted by atomic mass is 10.1. The van der Waals surface area contributed by atoms with E-state index in [1.807, 2.05) is 18.2 Å². The molecule has 2 nitrogen and oxygen atoms in total. The van der Waals surface area contributed by atoms with Crippen molar-refractivity contribution in [2.75, 3.05) is 0 Å². The van der Waals surface area contributed by atoms with Gasteiger partial charge in [-0.1, -0.05) is 48.0 Å². The first-order valence-corrected chi connectivity index (χ1v) is 6.66. The lowest BCUT2D eigenvalue weighted by molar-refractivity contribution is 0.654. The Bertz CT molecular complexity index is 904. The molecule has 0 N–H and O–H groups in total. The third kappa shape index (κ3) is 1.69. The van der Waals surface area contributed by atoms with Gasteiger partial charge in [0.05, 0.1) is 5.69 Å². The molecular weight excluding hydrogens is 246 g/mol. The summed E-state index contributed by atoms with van der Waals surface area (Å²) in [5.41, 5.74) is 4.88. The molecule has 20 heavy (non-hydrogen) atoms. The van der Waals surface area contributed by atoms with Crippen molar-refractivity contribution in [3.05, 3.63) is 66.2 Å². The number of aryl methyl sites for hydroxylation is 1. The topological polar surface area (TPSA) is 26.0 Å². The maximum Gasteiger partial charge on any atom is 0.227 e. The summed E-state index contributed by atoms with van der Waals surface area (Å²) >= 11 is 0. The van der Waals surface area contributed by atoms with E-state index in [4.69, 9.17) is 4.42 Å². The Hall–Kier alpha value is -2.61. The second-order valence-corrected chi connectivity index (χ2v) is 5.01.